The molecule has 1 atom stereocenters. The Bertz CT molecular complexity index is 295. The molecule has 1 unspecified atom stereocenters. The molecule has 0 saturated carbocycles. The van der Waals surface area contributed by atoms with Crippen molar-refractivity contribution in [2.45, 2.75) is 26.4 Å². The Labute approximate surface area is 79.0 Å². The molecule has 1 aromatic rings. The summed E-state index contributed by atoms with van der Waals surface area (Å²) in [5.74, 6) is 0. The van der Waals surface area contributed by atoms with E-state index in [9.17, 15) is 0 Å². The van der Waals surface area contributed by atoms with Gasteiger partial charge in [0.05, 0.1) is 6.07 Å². The Morgan fingerprint density at radius 2 is 2.46 bits per heavy atom. The van der Waals surface area contributed by atoms with Crippen molar-refractivity contribution in [1.29, 1.82) is 5.26 Å². The maximum absolute atomic E-state index is 8.58. The molecule has 0 bridgehead atoms. The summed E-state index contributed by atoms with van der Waals surface area (Å²) >= 11 is 0. The molecule has 0 aliphatic carbocycles. The minimum Gasteiger partial charge on any atom is -0.336 e. The summed E-state index contributed by atoms with van der Waals surface area (Å²) in [6.07, 6.45) is 1.94. The summed E-state index contributed by atoms with van der Waals surface area (Å²) in [6, 6.07) is 6.47. The Balaban J connectivity index is 2.75. The molecule has 0 saturated heterocycles. The molecule has 3 heteroatoms. The van der Waals surface area contributed by atoms with E-state index in [1.807, 2.05) is 22.9 Å². The summed E-state index contributed by atoms with van der Waals surface area (Å²) in [5.41, 5.74) is 1.17. The van der Waals surface area contributed by atoms with Gasteiger partial charge in [0, 0.05) is 17.9 Å². The fraction of sp³-hybridized carbons (Fsp3) is 0.500. The molecule has 1 heterocycles. The minimum absolute atomic E-state index is 0.313. The number of nitrogens with one attached hydrogen (secondary N) is 1. The van der Waals surface area contributed by atoms with Crippen molar-refractivity contribution < 1.29 is 0 Å². The molecule has 0 radical (unpaired) electrons. The highest BCUT2D eigenvalue weighted by molar-refractivity contribution is 5.12. The van der Waals surface area contributed by atoms with Crippen molar-refractivity contribution in [1.82, 2.24) is 9.88 Å². The molecular formula is C10H15N3. The van der Waals surface area contributed by atoms with Crippen molar-refractivity contribution in [3.05, 3.63) is 24.0 Å². The number of hydrogen-bond donors (Lipinski definition) is 1. The molecule has 3 nitrogen and oxygen atoms in total. The van der Waals surface area contributed by atoms with Crippen LogP contribution in [0.25, 0.3) is 0 Å². The van der Waals surface area contributed by atoms with Crippen molar-refractivity contribution in [3.8, 4) is 6.07 Å². The molecule has 1 N–H and O–H groups in total. The van der Waals surface area contributed by atoms with Crippen LogP contribution in [0.5, 0.6) is 0 Å². The number of hydrogen-bond acceptors (Lipinski definition) is 2. The van der Waals surface area contributed by atoms with Crippen LogP contribution in [0.4, 0.5) is 0 Å². The third-order valence-electron chi connectivity index (χ3n) is 2.06. The summed E-state index contributed by atoms with van der Waals surface area (Å²) in [5, 5.41) is 11.9. The second kappa shape index (κ2) is 4.68. The van der Waals surface area contributed by atoms with Gasteiger partial charge in [-0.3, -0.25) is 0 Å². The highest BCUT2D eigenvalue weighted by atomic mass is 15.0. The average molecular weight is 177 g/mol. The van der Waals surface area contributed by atoms with E-state index in [2.05, 4.69) is 25.2 Å². The lowest BCUT2D eigenvalue weighted by Gasteiger charge is -2.14. The molecule has 0 aliphatic rings. The largest absolute Gasteiger partial charge is 0.336 e. The molecule has 0 fully saturated rings. The first-order valence-electron chi connectivity index (χ1n) is 4.55. The molecule has 0 aliphatic heterocycles. The van der Waals surface area contributed by atoms with Crippen LogP contribution in [0.2, 0.25) is 0 Å². The lowest BCUT2D eigenvalue weighted by molar-refractivity contribution is 0.557. The highest BCUT2D eigenvalue weighted by Crippen LogP contribution is 2.12. The van der Waals surface area contributed by atoms with Crippen LogP contribution in [0.15, 0.2) is 18.3 Å². The monoisotopic (exact) mass is 177 g/mol. The maximum Gasteiger partial charge on any atom is 0.109 e. The van der Waals surface area contributed by atoms with Gasteiger partial charge in [-0.15, -0.1) is 0 Å². The van der Waals surface area contributed by atoms with Crippen molar-refractivity contribution in [2.24, 2.45) is 0 Å². The van der Waals surface area contributed by atoms with Crippen LogP contribution in [-0.4, -0.2) is 11.1 Å². The van der Waals surface area contributed by atoms with Crippen LogP contribution in [0.1, 0.15) is 25.6 Å². The molecule has 13 heavy (non-hydrogen) atoms. The summed E-state index contributed by atoms with van der Waals surface area (Å²) < 4.78 is 1.97. The molecule has 70 valence electrons. The van der Waals surface area contributed by atoms with Crippen LogP contribution in [-0.2, 0) is 6.54 Å². The van der Waals surface area contributed by atoms with Gasteiger partial charge in [-0.2, -0.15) is 5.26 Å². The second-order valence-electron chi connectivity index (χ2n) is 3.00. The van der Waals surface area contributed by atoms with E-state index < -0.39 is 0 Å². The normalized spacial score (nSPS) is 12.4. The first-order valence-corrected chi connectivity index (χ1v) is 4.55. The zero-order valence-electron chi connectivity index (χ0n) is 8.12. The van der Waals surface area contributed by atoms with Crippen LogP contribution in [0, 0.1) is 11.3 Å². The molecule has 0 amide bonds. The first-order chi connectivity index (χ1) is 6.29. The highest BCUT2D eigenvalue weighted by Gasteiger charge is 2.07. The molecule has 0 aromatic carbocycles. The predicted octanol–water partition coefficient (Wildman–Crippen LogP) is 1.68. The van der Waals surface area contributed by atoms with E-state index >= 15 is 0 Å². The van der Waals surface area contributed by atoms with E-state index in [-0.39, 0.29) is 0 Å². The van der Waals surface area contributed by atoms with E-state index in [0.29, 0.717) is 12.6 Å². The average Bonchev–Trinajstić information content (AvgIpc) is 2.54. The second-order valence-corrected chi connectivity index (χ2v) is 3.00. The van der Waals surface area contributed by atoms with Gasteiger partial charge < -0.3 is 9.88 Å². The van der Waals surface area contributed by atoms with E-state index in [0.717, 1.165) is 6.54 Å². The number of aromatic nitrogens is 1. The van der Waals surface area contributed by atoms with Gasteiger partial charge in [0.1, 0.15) is 6.54 Å². The Morgan fingerprint density at radius 3 is 3.08 bits per heavy atom. The van der Waals surface area contributed by atoms with Crippen LogP contribution >= 0.6 is 0 Å². The van der Waals surface area contributed by atoms with Crippen LogP contribution < -0.4 is 5.32 Å². The summed E-state index contributed by atoms with van der Waals surface area (Å²) in [7, 11) is 0. The zero-order valence-corrected chi connectivity index (χ0v) is 8.12. The summed E-state index contributed by atoms with van der Waals surface area (Å²) in [4.78, 5) is 0. The predicted molar refractivity (Wildman–Crippen MR) is 52.1 cm³/mol. The maximum atomic E-state index is 8.58. The molecule has 0 spiro atoms. The fourth-order valence-electron chi connectivity index (χ4n) is 1.45. The molecular weight excluding hydrogens is 162 g/mol. The lowest BCUT2D eigenvalue weighted by Crippen LogP contribution is -2.20. The number of rotatable bonds is 4. The van der Waals surface area contributed by atoms with Crippen LogP contribution in [0.3, 0.4) is 0 Å². The number of nitrogens with zero attached hydrogens (tertiary/aromatic N) is 2. The van der Waals surface area contributed by atoms with Gasteiger partial charge in [-0.05, 0) is 25.6 Å². The number of nitriles is 1. The Hall–Kier alpha value is -1.27. The third kappa shape index (κ3) is 2.33. The fourth-order valence-corrected chi connectivity index (χ4v) is 1.45. The van der Waals surface area contributed by atoms with E-state index in [4.69, 9.17) is 5.26 Å². The van der Waals surface area contributed by atoms with Gasteiger partial charge >= 0.3 is 0 Å². The molecule has 1 rings (SSSR count). The SMILES string of the molecule is CCNC(C)c1cccn1CC#N. The zero-order chi connectivity index (χ0) is 9.68. The minimum atomic E-state index is 0.313. The van der Waals surface area contributed by atoms with Crippen molar-refractivity contribution >= 4 is 0 Å². The Morgan fingerprint density at radius 1 is 1.69 bits per heavy atom. The van der Waals surface area contributed by atoms with Gasteiger partial charge in [0.2, 0.25) is 0 Å². The van der Waals surface area contributed by atoms with E-state index in [1.165, 1.54) is 5.69 Å². The Kier molecular flexibility index (Phi) is 3.53. The lowest BCUT2D eigenvalue weighted by atomic mass is 10.2. The van der Waals surface area contributed by atoms with Gasteiger partial charge in [0.25, 0.3) is 0 Å². The van der Waals surface area contributed by atoms with Gasteiger partial charge in [-0.25, -0.2) is 0 Å². The van der Waals surface area contributed by atoms with Crippen molar-refractivity contribution in [2.75, 3.05) is 6.54 Å². The smallest absolute Gasteiger partial charge is 0.109 e. The standard InChI is InChI=1S/C10H15N3/c1-3-12-9(2)10-5-4-7-13(10)8-6-11/h4-5,7,9,12H,3,8H2,1-2H3. The van der Waals surface area contributed by atoms with E-state index in [1.54, 1.807) is 0 Å². The summed E-state index contributed by atoms with van der Waals surface area (Å²) in [6.45, 7) is 5.55. The third-order valence-corrected chi connectivity index (χ3v) is 2.06. The van der Waals surface area contributed by atoms with Crippen molar-refractivity contribution in [3.63, 3.8) is 0 Å². The molecule has 1 aromatic heterocycles. The first kappa shape index (κ1) is 9.82. The van der Waals surface area contributed by atoms with Gasteiger partial charge in [-0.1, -0.05) is 6.92 Å². The van der Waals surface area contributed by atoms with Gasteiger partial charge in [0.15, 0.2) is 0 Å². The topological polar surface area (TPSA) is 40.8 Å². The quantitative estimate of drug-likeness (QED) is 0.760.